The molecule has 1 saturated carbocycles. The van der Waals surface area contributed by atoms with E-state index in [2.05, 4.69) is 11.9 Å². The van der Waals surface area contributed by atoms with Crippen LogP contribution < -0.4 is 0 Å². The third kappa shape index (κ3) is 2.85. The standard InChI is InChI=1S/C19H24N2O/c1-13-8-10-15(11-9-13)21(3)19(22)17-12-14(2)20-18-7-5-4-6-16(17)18/h4-7,12-13,15H,8-11H2,1-3H3. The van der Waals surface area contributed by atoms with Gasteiger partial charge < -0.3 is 4.90 Å². The Labute approximate surface area is 132 Å². The van der Waals surface area contributed by atoms with Gasteiger partial charge in [-0.25, -0.2) is 0 Å². The van der Waals surface area contributed by atoms with E-state index in [0.717, 1.165) is 40.9 Å². The minimum absolute atomic E-state index is 0.126. The van der Waals surface area contributed by atoms with Crippen molar-refractivity contribution in [1.29, 1.82) is 0 Å². The number of para-hydroxylation sites is 1. The Balaban J connectivity index is 1.91. The summed E-state index contributed by atoms with van der Waals surface area (Å²) in [5, 5.41) is 0.953. The summed E-state index contributed by atoms with van der Waals surface area (Å²) in [6.45, 7) is 4.25. The Morgan fingerprint density at radius 1 is 1.18 bits per heavy atom. The molecular weight excluding hydrogens is 272 g/mol. The van der Waals surface area contributed by atoms with Gasteiger partial charge in [-0.1, -0.05) is 25.1 Å². The van der Waals surface area contributed by atoms with Crippen molar-refractivity contribution in [3.63, 3.8) is 0 Å². The average Bonchev–Trinajstić information content (AvgIpc) is 2.53. The molecule has 1 aliphatic rings. The second kappa shape index (κ2) is 6.07. The van der Waals surface area contributed by atoms with Crippen LogP contribution in [0.25, 0.3) is 10.9 Å². The van der Waals surface area contributed by atoms with Gasteiger partial charge >= 0.3 is 0 Å². The van der Waals surface area contributed by atoms with E-state index >= 15 is 0 Å². The van der Waals surface area contributed by atoms with Gasteiger partial charge in [0.25, 0.3) is 5.91 Å². The number of hydrogen-bond donors (Lipinski definition) is 0. The van der Waals surface area contributed by atoms with Crippen LogP contribution in [0.1, 0.15) is 48.7 Å². The van der Waals surface area contributed by atoms with Crippen molar-refractivity contribution in [2.45, 2.75) is 45.6 Å². The molecule has 0 unspecified atom stereocenters. The van der Waals surface area contributed by atoms with Crippen LogP contribution in [0.3, 0.4) is 0 Å². The lowest BCUT2D eigenvalue weighted by molar-refractivity contribution is 0.0681. The number of nitrogens with zero attached hydrogens (tertiary/aromatic N) is 2. The van der Waals surface area contributed by atoms with E-state index in [1.165, 1.54) is 12.8 Å². The second-order valence-corrected chi connectivity index (χ2v) is 6.66. The maximum atomic E-state index is 13.0. The fraction of sp³-hybridized carbons (Fsp3) is 0.474. The van der Waals surface area contributed by atoms with Gasteiger partial charge in [0, 0.05) is 24.2 Å². The van der Waals surface area contributed by atoms with Gasteiger partial charge in [-0.2, -0.15) is 0 Å². The number of fused-ring (bicyclic) bond motifs is 1. The molecule has 1 heterocycles. The van der Waals surface area contributed by atoms with Crippen molar-refractivity contribution in [1.82, 2.24) is 9.88 Å². The van der Waals surface area contributed by atoms with Crippen molar-refractivity contribution in [3.05, 3.63) is 41.6 Å². The van der Waals surface area contributed by atoms with Gasteiger partial charge in [0.2, 0.25) is 0 Å². The first-order valence-electron chi connectivity index (χ1n) is 8.20. The van der Waals surface area contributed by atoms with E-state index in [-0.39, 0.29) is 5.91 Å². The lowest BCUT2D eigenvalue weighted by atomic mass is 9.86. The molecule has 0 N–H and O–H groups in total. The maximum absolute atomic E-state index is 13.0. The highest BCUT2D eigenvalue weighted by atomic mass is 16.2. The molecule has 0 radical (unpaired) electrons. The van der Waals surface area contributed by atoms with Gasteiger partial charge in [0.05, 0.1) is 11.1 Å². The van der Waals surface area contributed by atoms with E-state index in [9.17, 15) is 4.79 Å². The molecule has 22 heavy (non-hydrogen) atoms. The number of carbonyl (C=O) groups is 1. The molecule has 1 aromatic carbocycles. The number of hydrogen-bond acceptors (Lipinski definition) is 2. The summed E-state index contributed by atoms with van der Waals surface area (Å²) in [7, 11) is 1.95. The normalized spacial score (nSPS) is 21.8. The monoisotopic (exact) mass is 296 g/mol. The highest BCUT2D eigenvalue weighted by molar-refractivity contribution is 6.06. The summed E-state index contributed by atoms with van der Waals surface area (Å²) in [6, 6.07) is 10.2. The Bertz CT molecular complexity index is 687. The summed E-state index contributed by atoms with van der Waals surface area (Å²) < 4.78 is 0. The summed E-state index contributed by atoms with van der Waals surface area (Å²) in [4.78, 5) is 19.5. The molecule has 1 fully saturated rings. The number of amides is 1. The fourth-order valence-corrected chi connectivity index (χ4v) is 3.47. The Hall–Kier alpha value is -1.90. The summed E-state index contributed by atoms with van der Waals surface area (Å²) in [5.74, 6) is 0.921. The van der Waals surface area contributed by atoms with Crippen LogP contribution in [-0.2, 0) is 0 Å². The molecule has 0 saturated heterocycles. The van der Waals surface area contributed by atoms with Gasteiger partial charge in [0.1, 0.15) is 0 Å². The molecule has 3 rings (SSSR count). The first-order chi connectivity index (χ1) is 10.6. The zero-order valence-electron chi connectivity index (χ0n) is 13.7. The Kier molecular flexibility index (Phi) is 4.14. The lowest BCUT2D eigenvalue weighted by Gasteiger charge is -2.33. The predicted molar refractivity (Wildman–Crippen MR) is 90.0 cm³/mol. The molecule has 1 aliphatic carbocycles. The first kappa shape index (κ1) is 15.0. The van der Waals surface area contributed by atoms with Crippen LogP contribution in [0.5, 0.6) is 0 Å². The Morgan fingerprint density at radius 2 is 1.86 bits per heavy atom. The van der Waals surface area contributed by atoms with Crippen LogP contribution >= 0.6 is 0 Å². The molecule has 1 amide bonds. The van der Waals surface area contributed by atoms with Crippen LogP contribution in [-0.4, -0.2) is 28.9 Å². The van der Waals surface area contributed by atoms with Crippen LogP contribution in [0, 0.1) is 12.8 Å². The van der Waals surface area contributed by atoms with Crippen molar-refractivity contribution in [3.8, 4) is 0 Å². The zero-order chi connectivity index (χ0) is 15.7. The molecule has 0 bridgehead atoms. The van der Waals surface area contributed by atoms with Gasteiger partial charge in [0.15, 0.2) is 0 Å². The molecule has 0 atom stereocenters. The largest absolute Gasteiger partial charge is 0.339 e. The van der Waals surface area contributed by atoms with Crippen molar-refractivity contribution >= 4 is 16.8 Å². The summed E-state index contributed by atoms with van der Waals surface area (Å²) in [6.07, 6.45) is 4.67. The number of benzene rings is 1. The van der Waals surface area contributed by atoms with Gasteiger partial charge in [-0.05, 0) is 50.7 Å². The zero-order valence-corrected chi connectivity index (χ0v) is 13.7. The van der Waals surface area contributed by atoms with E-state index in [1.807, 2.05) is 49.2 Å². The van der Waals surface area contributed by atoms with Crippen LogP contribution in [0.4, 0.5) is 0 Å². The van der Waals surface area contributed by atoms with Crippen molar-refractivity contribution in [2.75, 3.05) is 7.05 Å². The predicted octanol–water partition coefficient (Wildman–Crippen LogP) is 4.19. The topological polar surface area (TPSA) is 33.2 Å². The van der Waals surface area contributed by atoms with Gasteiger partial charge in [-0.15, -0.1) is 0 Å². The smallest absolute Gasteiger partial charge is 0.254 e. The molecule has 0 aliphatic heterocycles. The minimum Gasteiger partial charge on any atom is -0.339 e. The highest BCUT2D eigenvalue weighted by Gasteiger charge is 2.26. The average molecular weight is 296 g/mol. The van der Waals surface area contributed by atoms with Crippen molar-refractivity contribution in [2.24, 2.45) is 5.92 Å². The van der Waals surface area contributed by atoms with E-state index in [4.69, 9.17) is 0 Å². The molecule has 2 aromatic rings. The molecule has 0 spiro atoms. The number of rotatable bonds is 2. The fourth-order valence-electron chi connectivity index (χ4n) is 3.47. The maximum Gasteiger partial charge on any atom is 0.254 e. The van der Waals surface area contributed by atoms with E-state index < -0.39 is 0 Å². The van der Waals surface area contributed by atoms with Crippen LogP contribution in [0.2, 0.25) is 0 Å². The summed E-state index contributed by atoms with van der Waals surface area (Å²) >= 11 is 0. The van der Waals surface area contributed by atoms with Crippen LogP contribution in [0.15, 0.2) is 30.3 Å². The first-order valence-corrected chi connectivity index (χ1v) is 8.20. The SMILES string of the molecule is Cc1cc(C(=O)N(C)C2CCC(C)CC2)c2ccccc2n1. The molecule has 116 valence electrons. The quantitative estimate of drug-likeness (QED) is 0.832. The number of pyridine rings is 1. The Morgan fingerprint density at radius 3 is 2.59 bits per heavy atom. The number of aryl methyl sites for hydroxylation is 1. The third-order valence-electron chi connectivity index (χ3n) is 4.93. The second-order valence-electron chi connectivity index (χ2n) is 6.66. The van der Waals surface area contributed by atoms with Crippen molar-refractivity contribution < 1.29 is 4.79 Å². The van der Waals surface area contributed by atoms with Gasteiger partial charge in [-0.3, -0.25) is 9.78 Å². The molecule has 3 nitrogen and oxygen atoms in total. The third-order valence-corrected chi connectivity index (χ3v) is 4.93. The molecular formula is C19H24N2O. The minimum atomic E-state index is 0.126. The van der Waals surface area contributed by atoms with E-state index in [1.54, 1.807) is 0 Å². The summed E-state index contributed by atoms with van der Waals surface area (Å²) in [5.41, 5.74) is 2.58. The van der Waals surface area contributed by atoms with E-state index in [0.29, 0.717) is 6.04 Å². The molecule has 3 heteroatoms. The molecule has 1 aromatic heterocycles. The number of aromatic nitrogens is 1. The lowest BCUT2D eigenvalue weighted by Crippen LogP contribution is -2.39. The highest BCUT2D eigenvalue weighted by Crippen LogP contribution is 2.28. The number of carbonyl (C=O) groups excluding carboxylic acids is 1.